The van der Waals surface area contributed by atoms with Crippen LogP contribution in [-0.2, 0) is 14.6 Å². The van der Waals surface area contributed by atoms with Crippen LogP contribution in [0.4, 0.5) is 5.69 Å². The van der Waals surface area contributed by atoms with E-state index in [1.165, 1.54) is 68.5 Å². The SMILES string of the molecule is CCCCCCCCCCC(Oc1ccc(S(=O)(=O)c2ccc(O)cc2)cc1)C(=O)NNc1ccc(OCCCCC)cc1. The van der Waals surface area contributed by atoms with Crippen LogP contribution in [0.25, 0.3) is 0 Å². The minimum Gasteiger partial charge on any atom is -0.508 e. The van der Waals surface area contributed by atoms with Crippen molar-refractivity contribution in [2.24, 2.45) is 0 Å². The second-order valence-corrected chi connectivity index (χ2v) is 13.0. The first-order valence-electron chi connectivity index (χ1n) is 15.9. The Labute approximate surface area is 263 Å². The molecule has 0 spiro atoms. The fraction of sp³-hybridized carbons (Fsp3) is 0.457. The van der Waals surface area contributed by atoms with Gasteiger partial charge < -0.3 is 14.6 Å². The number of carbonyl (C=O) groups excluding carboxylic acids is 1. The van der Waals surface area contributed by atoms with Crippen LogP contribution in [0.3, 0.4) is 0 Å². The monoisotopic (exact) mass is 624 g/mol. The van der Waals surface area contributed by atoms with Gasteiger partial charge in [0.2, 0.25) is 9.84 Å². The molecule has 0 aliphatic heterocycles. The molecule has 3 rings (SSSR count). The summed E-state index contributed by atoms with van der Waals surface area (Å²) in [6.07, 6.45) is 12.2. The molecule has 3 aromatic rings. The van der Waals surface area contributed by atoms with Crippen molar-refractivity contribution in [3.63, 3.8) is 0 Å². The molecule has 0 heterocycles. The second kappa shape index (κ2) is 18.8. The Bertz CT molecular complexity index is 1340. The lowest BCUT2D eigenvalue weighted by Crippen LogP contribution is -2.41. The zero-order valence-electron chi connectivity index (χ0n) is 26.1. The molecule has 0 fully saturated rings. The summed E-state index contributed by atoms with van der Waals surface area (Å²) in [5.41, 5.74) is 6.44. The van der Waals surface area contributed by atoms with Gasteiger partial charge in [-0.1, -0.05) is 71.6 Å². The first-order valence-corrected chi connectivity index (χ1v) is 17.4. The van der Waals surface area contributed by atoms with Crippen LogP contribution in [0, 0.1) is 0 Å². The van der Waals surface area contributed by atoms with Gasteiger partial charge in [-0.15, -0.1) is 0 Å². The molecular formula is C35H48N2O6S. The number of hydrazine groups is 1. The molecular weight excluding hydrogens is 576 g/mol. The third kappa shape index (κ3) is 11.8. The van der Waals surface area contributed by atoms with E-state index in [1.54, 1.807) is 12.1 Å². The number of sulfone groups is 1. The van der Waals surface area contributed by atoms with Gasteiger partial charge in [-0.05, 0) is 92.1 Å². The van der Waals surface area contributed by atoms with Crippen molar-refractivity contribution in [1.29, 1.82) is 0 Å². The summed E-state index contributed by atoms with van der Waals surface area (Å²) in [4.78, 5) is 13.4. The Kier molecular flexibility index (Phi) is 14.9. The number of unbranched alkanes of at least 4 members (excludes halogenated alkanes) is 9. The van der Waals surface area contributed by atoms with Gasteiger partial charge in [-0.25, -0.2) is 8.42 Å². The zero-order valence-corrected chi connectivity index (χ0v) is 26.9. The molecule has 0 bridgehead atoms. The number of phenolic OH excluding ortho intramolecular Hbond substituents is 1. The van der Waals surface area contributed by atoms with Crippen LogP contribution in [-0.4, -0.2) is 32.1 Å². The van der Waals surface area contributed by atoms with Gasteiger partial charge in [-0.3, -0.25) is 15.6 Å². The van der Waals surface area contributed by atoms with Gasteiger partial charge in [0, 0.05) is 0 Å². The maximum absolute atomic E-state index is 13.2. The highest BCUT2D eigenvalue weighted by Crippen LogP contribution is 2.25. The minimum absolute atomic E-state index is 0.00756. The lowest BCUT2D eigenvalue weighted by Gasteiger charge is -2.20. The lowest BCUT2D eigenvalue weighted by atomic mass is 10.1. The summed E-state index contributed by atoms with van der Waals surface area (Å²) in [6, 6.07) is 18.9. The van der Waals surface area contributed by atoms with Gasteiger partial charge >= 0.3 is 0 Å². The van der Waals surface area contributed by atoms with Crippen molar-refractivity contribution in [3.05, 3.63) is 72.8 Å². The van der Waals surface area contributed by atoms with Gasteiger partial charge in [0.1, 0.15) is 17.2 Å². The molecule has 0 saturated carbocycles. The number of aromatic hydroxyl groups is 1. The van der Waals surface area contributed by atoms with Crippen molar-refractivity contribution < 1.29 is 27.8 Å². The number of rotatable bonds is 21. The lowest BCUT2D eigenvalue weighted by molar-refractivity contribution is -0.127. The molecule has 240 valence electrons. The molecule has 3 aromatic carbocycles. The second-order valence-electron chi connectivity index (χ2n) is 11.0. The molecule has 1 atom stereocenters. The average molecular weight is 625 g/mol. The summed E-state index contributed by atoms with van der Waals surface area (Å²) in [6.45, 7) is 5.05. The fourth-order valence-electron chi connectivity index (χ4n) is 4.72. The quantitative estimate of drug-likeness (QED) is 0.0808. The Balaban J connectivity index is 1.60. The molecule has 3 N–H and O–H groups in total. The number of carbonyl (C=O) groups is 1. The molecule has 8 nitrogen and oxygen atoms in total. The van der Waals surface area contributed by atoms with E-state index in [0.717, 1.165) is 44.3 Å². The Morgan fingerprint density at radius 1 is 0.705 bits per heavy atom. The highest BCUT2D eigenvalue weighted by atomic mass is 32.2. The van der Waals surface area contributed by atoms with Gasteiger partial charge in [0.05, 0.1) is 22.1 Å². The van der Waals surface area contributed by atoms with E-state index in [4.69, 9.17) is 9.47 Å². The third-order valence-corrected chi connectivity index (χ3v) is 9.16. The molecule has 0 saturated heterocycles. The van der Waals surface area contributed by atoms with Crippen LogP contribution in [0.15, 0.2) is 82.6 Å². The summed E-state index contributed by atoms with van der Waals surface area (Å²) in [5.74, 6) is 0.865. The highest BCUT2D eigenvalue weighted by molar-refractivity contribution is 7.91. The third-order valence-electron chi connectivity index (χ3n) is 7.37. The van der Waals surface area contributed by atoms with Gasteiger partial charge in [-0.2, -0.15) is 0 Å². The summed E-state index contributed by atoms with van der Waals surface area (Å²) >= 11 is 0. The topological polar surface area (TPSA) is 114 Å². The van der Waals surface area contributed by atoms with Crippen LogP contribution < -0.4 is 20.3 Å². The molecule has 1 unspecified atom stereocenters. The number of hydrogen-bond donors (Lipinski definition) is 3. The van der Waals surface area contributed by atoms with E-state index >= 15 is 0 Å². The van der Waals surface area contributed by atoms with Gasteiger partial charge in [0.15, 0.2) is 6.10 Å². The molecule has 0 radical (unpaired) electrons. The molecule has 0 aliphatic carbocycles. The summed E-state index contributed by atoms with van der Waals surface area (Å²) < 4.78 is 37.8. The van der Waals surface area contributed by atoms with Crippen LogP contribution in [0.5, 0.6) is 17.2 Å². The predicted molar refractivity (Wildman–Crippen MR) is 175 cm³/mol. The average Bonchev–Trinajstić information content (AvgIpc) is 3.03. The Hall–Kier alpha value is -3.72. The largest absolute Gasteiger partial charge is 0.508 e. The first kappa shape index (κ1) is 34.8. The van der Waals surface area contributed by atoms with Crippen molar-refractivity contribution in [3.8, 4) is 17.2 Å². The van der Waals surface area contributed by atoms with E-state index in [1.807, 2.05) is 24.3 Å². The Morgan fingerprint density at radius 2 is 1.23 bits per heavy atom. The number of phenols is 1. The van der Waals surface area contributed by atoms with Crippen molar-refractivity contribution in [2.45, 2.75) is 107 Å². The maximum Gasteiger partial charge on any atom is 0.279 e. The number of anilines is 1. The van der Waals surface area contributed by atoms with E-state index in [0.29, 0.717) is 24.5 Å². The van der Waals surface area contributed by atoms with Gasteiger partial charge in [0.25, 0.3) is 5.91 Å². The number of ether oxygens (including phenoxy) is 2. The van der Waals surface area contributed by atoms with Crippen LogP contribution in [0.1, 0.15) is 90.9 Å². The van der Waals surface area contributed by atoms with E-state index in [9.17, 15) is 18.3 Å². The molecule has 44 heavy (non-hydrogen) atoms. The van der Waals surface area contributed by atoms with E-state index in [2.05, 4.69) is 24.7 Å². The minimum atomic E-state index is -3.76. The predicted octanol–water partition coefficient (Wildman–Crippen LogP) is 8.22. The number of nitrogens with one attached hydrogen (secondary N) is 2. The van der Waals surface area contributed by atoms with Crippen molar-refractivity contribution in [2.75, 3.05) is 12.0 Å². The summed E-state index contributed by atoms with van der Waals surface area (Å²) in [5, 5.41) is 9.50. The summed E-state index contributed by atoms with van der Waals surface area (Å²) in [7, 11) is -3.76. The zero-order chi connectivity index (χ0) is 31.6. The van der Waals surface area contributed by atoms with E-state index < -0.39 is 15.9 Å². The number of hydrogen-bond acceptors (Lipinski definition) is 7. The molecule has 1 amide bonds. The highest BCUT2D eigenvalue weighted by Gasteiger charge is 2.22. The van der Waals surface area contributed by atoms with Crippen molar-refractivity contribution in [1.82, 2.24) is 5.43 Å². The maximum atomic E-state index is 13.2. The normalized spacial score (nSPS) is 12.0. The fourth-order valence-corrected chi connectivity index (χ4v) is 5.98. The van der Waals surface area contributed by atoms with Crippen LogP contribution >= 0.6 is 0 Å². The molecule has 0 aliphatic rings. The number of amides is 1. The van der Waals surface area contributed by atoms with Crippen molar-refractivity contribution >= 4 is 21.4 Å². The number of benzene rings is 3. The Morgan fingerprint density at radius 3 is 1.84 bits per heavy atom. The smallest absolute Gasteiger partial charge is 0.279 e. The first-order chi connectivity index (χ1) is 21.3. The van der Waals surface area contributed by atoms with E-state index in [-0.39, 0.29) is 21.4 Å². The molecule has 9 heteroatoms. The standard InChI is InChI=1S/C35H48N2O6S/c1-3-5-7-8-9-10-11-12-14-34(35(39)37-36-28-15-19-30(20-16-28)42-27-13-6-4-2)43-31-21-25-33(26-22-31)44(40,41)32-23-17-29(38)18-24-32/h15-26,34,36,38H,3-14,27H2,1-2H3,(H,37,39). The van der Waals surface area contributed by atoms with Crippen LogP contribution in [0.2, 0.25) is 0 Å². The molecule has 0 aromatic heterocycles.